The first-order valence-electron chi connectivity index (χ1n) is 14.6. The average molecular weight is 528 g/mol. The van der Waals surface area contributed by atoms with Crippen LogP contribution in [0.2, 0.25) is 0 Å². The Morgan fingerprint density at radius 2 is 1.84 bits per heavy atom. The summed E-state index contributed by atoms with van der Waals surface area (Å²) in [6.45, 7) is 10.3. The molecule has 5 heteroatoms. The summed E-state index contributed by atoms with van der Waals surface area (Å²) in [6, 6.07) is 9.10. The van der Waals surface area contributed by atoms with E-state index in [4.69, 9.17) is 14.2 Å². The predicted molar refractivity (Wildman–Crippen MR) is 160 cm³/mol. The number of para-hydroxylation sites is 1. The number of ether oxygens (including phenoxy) is 3. The van der Waals surface area contributed by atoms with Gasteiger partial charge in [-0.1, -0.05) is 30.4 Å². The van der Waals surface area contributed by atoms with Gasteiger partial charge in [-0.05, 0) is 101 Å². The topological polar surface area (TPSA) is 30.9 Å². The molecule has 214 valence electrons. The first-order valence-corrected chi connectivity index (χ1v) is 14.6. The molecule has 0 spiro atoms. The van der Waals surface area contributed by atoms with Crippen molar-refractivity contribution in [3.05, 3.63) is 65.1 Å². The number of rotatable bonds is 16. The minimum absolute atomic E-state index is 0.526. The number of hydrogen-bond donors (Lipinski definition) is 0. The number of unbranched alkanes of at least 4 members (excludes halogenated alkanes) is 1. The summed E-state index contributed by atoms with van der Waals surface area (Å²) >= 11 is 0. The van der Waals surface area contributed by atoms with Crippen molar-refractivity contribution in [3.63, 3.8) is 0 Å². The molecule has 0 radical (unpaired) electrons. The highest BCUT2D eigenvalue weighted by molar-refractivity contribution is 5.33. The molecule has 1 fully saturated rings. The van der Waals surface area contributed by atoms with E-state index in [1.807, 2.05) is 13.8 Å². The van der Waals surface area contributed by atoms with Gasteiger partial charge in [0.05, 0.1) is 48.5 Å². The lowest BCUT2D eigenvalue weighted by Gasteiger charge is -2.39. The lowest BCUT2D eigenvalue weighted by Crippen LogP contribution is -2.44. The van der Waals surface area contributed by atoms with Crippen LogP contribution in [0.25, 0.3) is 0 Å². The molecule has 1 aromatic carbocycles. The van der Waals surface area contributed by atoms with Crippen molar-refractivity contribution in [2.45, 2.75) is 71.8 Å². The Bertz CT molecular complexity index is 913. The molecule has 1 aromatic rings. The summed E-state index contributed by atoms with van der Waals surface area (Å²) in [4.78, 5) is 2.77. The molecule has 2 unspecified atom stereocenters. The number of likely N-dealkylation sites (tertiary alicyclic amines) is 1. The maximum absolute atomic E-state index is 5.93. The summed E-state index contributed by atoms with van der Waals surface area (Å²) in [5.41, 5.74) is 2.42. The van der Waals surface area contributed by atoms with Crippen LogP contribution in [0, 0.1) is 5.92 Å². The zero-order chi connectivity index (χ0) is 28.0. The Morgan fingerprint density at radius 1 is 1.08 bits per heavy atom. The molecule has 0 bridgehead atoms. The van der Waals surface area contributed by atoms with Crippen LogP contribution in [-0.4, -0.2) is 77.0 Å². The quantitative estimate of drug-likeness (QED) is 0.100. The summed E-state index contributed by atoms with van der Waals surface area (Å²) in [5.74, 6) is 3.20. The van der Waals surface area contributed by atoms with E-state index in [0.29, 0.717) is 18.6 Å². The number of hydrogen-bond acceptors (Lipinski definition) is 4. The second-order valence-electron chi connectivity index (χ2n) is 11.6. The van der Waals surface area contributed by atoms with Crippen molar-refractivity contribution >= 4 is 0 Å². The molecule has 1 aliphatic rings. The molecular formula is C33H55N2O3+. The molecule has 0 N–H and O–H groups in total. The Hall–Kier alpha value is -2.24. The lowest BCUT2D eigenvalue weighted by molar-refractivity contribution is -0.870. The highest BCUT2D eigenvalue weighted by Crippen LogP contribution is 2.29. The molecule has 2 rings (SSSR count). The SMILES string of the molecule is C\C=C(C)/C(OCC)=C(\C=C\C1CCC(CCCc2ccccc2OC)N(CCCC[N+](C)(C)C)C1)OC. The maximum Gasteiger partial charge on any atom is 0.163 e. The summed E-state index contributed by atoms with van der Waals surface area (Å²) < 4.78 is 18.3. The van der Waals surface area contributed by atoms with Gasteiger partial charge in [-0.2, -0.15) is 0 Å². The first kappa shape index (κ1) is 32.0. The van der Waals surface area contributed by atoms with Crippen LogP contribution in [0.3, 0.4) is 0 Å². The molecule has 0 aliphatic carbocycles. The molecule has 0 aromatic heterocycles. The average Bonchev–Trinajstić information content (AvgIpc) is 2.91. The van der Waals surface area contributed by atoms with E-state index >= 15 is 0 Å². The molecule has 1 heterocycles. The van der Waals surface area contributed by atoms with E-state index in [-0.39, 0.29) is 0 Å². The molecule has 5 nitrogen and oxygen atoms in total. The number of quaternary nitrogens is 1. The Morgan fingerprint density at radius 3 is 2.50 bits per heavy atom. The maximum atomic E-state index is 5.93. The fourth-order valence-electron chi connectivity index (χ4n) is 5.34. The van der Waals surface area contributed by atoms with Gasteiger partial charge in [0.2, 0.25) is 0 Å². The van der Waals surface area contributed by atoms with Crippen molar-refractivity contribution < 1.29 is 18.7 Å². The lowest BCUT2D eigenvalue weighted by atomic mass is 9.89. The van der Waals surface area contributed by atoms with E-state index in [2.05, 4.69) is 75.5 Å². The number of nitrogens with zero attached hydrogens (tertiary/aromatic N) is 2. The second kappa shape index (κ2) is 16.7. The zero-order valence-corrected chi connectivity index (χ0v) is 25.6. The van der Waals surface area contributed by atoms with Gasteiger partial charge in [-0.25, -0.2) is 0 Å². The van der Waals surface area contributed by atoms with Crippen LogP contribution < -0.4 is 4.74 Å². The van der Waals surface area contributed by atoms with Gasteiger partial charge in [-0.3, -0.25) is 4.90 Å². The van der Waals surface area contributed by atoms with Gasteiger partial charge in [0.15, 0.2) is 11.5 Å². The number of piperidine rings is 1. The minimum atomic E-state index is 0.526. The van der Waals surface area contributed by atoms with E-state index in [1.54, 1.807) is 14.2 Å². The summed E-state index contributed by atoms with van der Waals surface area (Å²) in [5, 5.41) is 0. The molecule has 0 amide bonds. The number of allylic oxidation sites excluding steroid dienone is 3. The predicted octanol–water partition coefficient (Wildman–Crippen LogP) is 7.00. The van der Waals surface area contributed by atoms with Crippen LogP contribution in [0.1, 0.15) is 64.9 Å². The van der Waals surface area contributed by atoms with Gasteiger partial charge in [0.25, 0.3) is 0 Å². The normalized spacial score (nSPS) is 19.9. The molecule has 38 heavy (non-hydrogen) atoms. The second-order valence-corrected chi connectivity index (χ2v) is 11.6. The summed E-state index contributed by atoms with van der Waals surface area (Å²) in [7, 11) is 10.4. The summed E-state index contributed by atoms with van der Waals surface area (Å²) in [6.07, 6.45) is 15.1. The molecular weight excluding hydrogens is 472 g/mol. The smallest absolute Gasteiger partial charge is 0.163 e. The van der Waals surface area contributed by atoms with E-state index in [1.165, 1.54) is 57.2 Å². The minimum Gasteiger partial charge on any atom is -0.496 e. The van der Waals surface area contributed by atoms with Crippen LogP contribution in [-0.2, 0) is 15.9 Å². The van der Waals surface area contributed by atoms with Crippen LogP contribution in [0.4, 0.5) is 0 Å². The van der Waals surface area contributed by atoms with E-state index in [9.17, 15) is 0 Å². The Balaban J connectivity index is 2.07. The Kier molecular flexibility index (Phi) is 14.0. The van der Waals surface area contributed by atoms with Gasteiger partial charge < -0.3 is 18.7 Å². The largest absolute Gasteiger partial charge is 0.496 e. The Labute approximate surface area is 233 Å². The number of aryl methyl sites for hydroxylation is 1. The number of methoxy groups -OCH3 is 2. The van der Waals surface area contributed by atoms with Gasteiger partial charge in [-0.15, -0.1) is 0 Å². The molecule has 1 aliphatic heterocycles. The van der Waals surface area contributed by atoms with Crippen molar-refractivity contribution in [2.24, 2.45) is 5.92 Å². The van der Waals surface area contributed by atoms with E-state index in [0.717, 1.165) is 40.3 Å². The van der Waals surface area contributed by atoms with Crippen molar-refractivity contribution in [2.75, 3.05) is 61.6 Å². The van der Waals surface area contributed by atoms with Crippen LogP contribution in [0.5, 0.6) is 5.75 Å². The zero-order valence-electron chi connectivity index (χ0n) is 25.6. The van der Waals surface area contributed by atoms with Gasteiger partial charge in [0.1, 0.15) is 5.75 Å². The first-order chi connectivity index (χ1) is 18.2. The molecule has 2 atom stereocenters. The van der Waals surface area contributed by atoms with Crippen molar-refractivity contribution in [1.29, 1.82) is 0 Å². The third kappa shape index (κ3) is 10.9. The van der Waals surface area contributed by atoms with Gasteiger partial charge >= 0.3 is 0 Å². The monoisotopic (exact) mass is 527 g/mol. The highest BCUT2D eigenvalue weighted by atomic mass is 16.5. The van der Waals surface area contributed by atoms with Crippen LogP contribution in [0.15, 0.2) is 59.6 Å². The van der Waals surface area contributed by atoms with Crippen molar-refractivity contribution in [3.8, 4) is 5.75 Å². The standard InChI is InChI=1S/C33H55N2O3/c1-9-27(3)33(38-10-2)32(37-8)23-21-28-20-22-30(34(26-28)24-13-14-25-35(4,5)6)18-15-17-29-16-11-12-19-31(29)36-7/h9,11-12,16,19,21,23,28,30H,10,13-15,17-18,20,22,24-26H2,1-8H3/q+1/b23-21+,27-9-,33-32-. The fraction of sp³-hybridized carbons (Fsp3) is 0.636. The third-order valence-corrected chi connectivity index (χ3v) is 7.60. The third-order valence-electron chi connectivity index (χ3n) is 7.60. The number of benzene rings is 1. The fourth-order valence-corrected chi connectivity index (χ4v) is 5.34. The van der Waals surface area contributed by atoms with Crippen molar-refractivity contribution in [1.82, 2.24) is 4.90 Å². The van der Waals surface area contributed by atoms with Crippen LogP contribution >= 0.6 is 0 Å². The molecule has 0 saturated carbocycles. The highest BCUT2D eigenvalue weighted by Gasteiger charge is 2.27. The van der Waals surface area contributed by atoms with Gasteiger partial charge in [0, 0.05) is 12.6 Å². The van der Waals surface area contributed by atoms with E-state index < -0.39 is 0 Å². The molecule has 1 saturated heterocycles.